The van der Waals surface area contributed by atoms with Crippen LogP contribution in [0.3, 0.4) is 0 Å². The molecule has 0 unspecified atom stereocenters. The summed E-state index contributed by atoms with van der Waals surface area (Å²) in [4.78, 5) is 24.0. The van der Waals surface area contributed by atoms with Crippen molar-refractivity contribution in [3.8, 4) is 5.69 Å². The normalized spacial score (nSPS) is 10.4. The van der Waals surface area contributed by atoms with Crippen LogP contribution in [0.5, 0.6) is 0 Å². The first-order chi connectivity index (χ1) is 10.5. The molecule has 0 aliphatic carbocycles. The highest BCUT2D eigenvalue weighted by atomic mass is 35.5. The third-order valence-electron chi connectivity index (χ3n) is 3.05. The van der Waals surface area contributed by atoms with E-state index in [1.807, 2.05) is 0 Å². The monoisotopic (exact) mass is 322 g/mol. The zero-order chi connectivity index (χ0) is 16.3. The van der Waals surface area contributed by atoms with Crippen LogP contribution >= 0.6 is 11.6 Å². The lowest BCUT2D eigenvalue weighted by Crippen LogP contribution is -2.12. The molecule has 0 spiro atoms. The minimum atomic E-state index is -0.668. The molecule has 2 rings (SSSR count). The van der Waals surface area contributed by atoms with E-state index in [1.165, 1.54) is 11.8 Å². The second kappa shape index (κ2) is 6.62. The first kappa shape index (κ1) is 16.0. The lowest BCUT2D eigenvalue weighted by atomic mass is 10.2. The minimum Gasteiger partial charge on any atom is -0.465 e. The maximum absolute atomic E-state index is 12.0. The molecule has 0 N–H and O–H groups in total. The van der Waals surface area contributed by atoms with Gasteiger partial charge in [-0.3, -0.25) is 0 Å². The molecule has 1 aromatic carbocycles. The van der Waals surface area contributed by atoms with Gasteiger partial charge in [-0.25, -0.2) is 14.3 Å². The van der Waals surface area contributed by atoms with E-state index in [0.29, 0.717) is 16.4 Å². The maximum Gasteiger partial charge on any atom is 0.359 e. The minimum absolute atomic E-state index is 0.0684. The number of carbonyl (C=O) groups excluding carboxylic acids is 2. The molecular weight excluding hydrogens is 308 g/mol. The number of hydrogen-bond acceptors (Lipinski definition) is 5. The summed E-state index contributed by atoms with van der Waals surface area (Å²) in [7, 11) is 1.25. The van der Waals surface area contributed by atoms with Crippen molar-refractivity contribution >= 4 is 23.5 Å². The van der Waals surface area contributed by atoms with Crippen molar-refractivity contribution in [3.05, 3.63) is 46.2 Å². The van der Waals surface area contributed by atoms with Gasteiger partial charge in [0.25, 0.3) is 0 Å². The molecule has 7 heteroatoms. The second-order valence-electron chi connectivity index (χ2n) is 4.41. The molecule has 0 saturated heterocycles. The van der Waals surface area contributed by atoms with E-state index in [4.69, 9.17) is 21.1 Å². The Hall–Kier alpha value is -2.34. The van der Waals surface area contributed by atoms with E-state index in [2.05, 4.69) is 5.10 Å². The lowest BCUT2D eigenvalue weighted by molar-refractivity contribution is 0.0498. The van der Waals surface area contributed by atoms with Crippen LogP contribution in [0.15, 0.2) is 24.3 Å². The number of nitrogens with zero attached hydrogens (tertiary/aromatic N) is 2. The summed E-state index contributed by atoms with van der Waals surface area (Å²) in [6, 6.07) is 6.86. The van der Waals surface area contributed by atoms with Crippen LogP contribution in [-0.2, 0) is 9.47 Å². The van der Waals surface area contributed by atoms with E-state index in [-0.39, 0.29) is 17.9 Å². The SMILES string of the molecule is CCOC(=O)c1nn(-c2ccc(Cl)cc2)c(C)c1C(=O)OC. The summed E-state index contributed by atoms with van der Waals surface area (Å²) in [5.74, 6) is -1.31. The van der Waals surface area contributed by atoms with E-state index >= 15 is 0 Å². The topological polar surface area (TPSA) is 70.4 Å². The highest BCUT2D eigenvalue weighted by molar-refractivity contribution is 6.30. The first-order valence-corrected chi connectivity index (χ1v) is 6.98. The van der Waals surface area contributed by atoms with Crippen molar-refractivity contribution < 1.29 is 19.1 Å². The molecular formula is C15H15ClN2O4. The highest BCUT2D eigenvalue weighted by Gasteiger charge is 2.28. The number of aromatic nitrogens is 2. The fourth-order valence-electron chi connectivity index (χ4n) is 2.02. The zero-order valence-electron chi connectivity index (χ0n) is 12.4. The van der Waals surface area contributed by atoms with Crippen LogP contribution in [0.2, 0.25) is 5.02 Å². The molecule has 2 aromatic rings. The number of ether oxygens (including phenoxy) is 2. The summed E-state index contributed by atoms with van der Waals surface area (Å²) in [6.07, 6.45) is 0. The molecule has 1 heterocycles. The van der Waals surface area contributed by atoms with E-state index < -0.39 is 11.9 Å². The Morgan fingerprint density at radius 1 is 1.23 bits per heavy atom. The highest BCUT2D eigenvalue weighted by Crippen LogP contribution is 2.21. The summed E-state index contributed by atoms with van der Waals surface area (Å²) < 4.78 is 11.2. The number of methoxy groups -OCH3 is 1. The Kier molecular flexibility index (Phi) is 4.82. The van der Waals surface area contributed by atoms with Gasteiger partial charge in [0.15, 0.2) is 5.69 Å². The predicted molar refractivity (Wildman–Crippen MR) is 80.6 cm³/mol. The fourth-order valence-corrected chi connectivity index (χ4v) is 2.15. The predicted octanol–water partition coefficient (Wildman–Crippen LogP) is 2.80. The van der Waals surface area contributed by atoms with Gasteiger partial charge in [0.05, 0.1) is 25.1 Å². The fraction of sp³-hybridized carbons (Fsp3) is 0.267. The molecule has 116 valence electrons. The van der Waals surface area contributed by atoms with Crippen molar-refractivity contribution in [3.63, 3.8) is 0 Å². The molecule has 0 bridgehead atoms. The van der Waals surface area contributed by atoms with Crippen LogP contribution in [0, 0.1) is 6.92 Å². The molecule has 0 aliphatic heterocycles. The third-order valence-corrected chi connectivity index (χ3v) is 3.30. The van der Waals surface area contributed by atoms with Gasteiger partial charge in [0.2, 0.25) is 0 Å². The van der Waals surface area contributed by atoms with Gasteiger partial charge in [-0.2, -0.15) is 5.10 Å². The third kappa shape index (κ3) is 2.96. The van der Waals surface area contributed by atoms with Gasteiger partial charge in [0.1, 0.15) is 5.56 Å². The molecule has 1 aromatic heterocycles. The Bertz CT molecular complexity index is 707. The lowest BCUT2D eigenvalue weighted by Gasteiger charge is -2.04. The zero-order valence-corrected chi connectivity index (χ0v) is 13.2. The van der Waals surface area contributed by atoms with Crippen LogP contribution in [0.4, 0.5) is 0 Å². The van der Waals surface area contributed by atoms with Gasteiger partial charge in [-0.1, -0.05) is 11.6 Å². The number of hydrogen-bond donors (Lipinski definition) is 0. The average Bonchev–Trinajstić information content (AvgIpc) is 2.85. The first-order valence-electron chi connectivity index (χ1n) is 6.60. The average molecular weight is 323 g/mol. The van der Waals surface area contributed by atoms with E-state index in [0.717, 1.165) is 0 Å². The van der Waals surface area contributed by atoms with Crippen molar-refractivity contribution in [2.24, 2.45) is 0 Å². The molecule has 0 saturated carbocycles. The van der Waals surface area contributed by atoms with E-state index in [1.54, 1.807) is 38.1 Å². The number of rotatable bonds is 4. The van der Waals surface area contributed by atoms with Crippen LogP contribution in [0.25, 0.3) is 5.69 Å². The molecule has 6 nitrogen and oxygen atoms in total. The summed E-state index contributed by atoms with van der Waals surface area (Å²) in [6.45, 7) is 3.54. The molecule has 0 aliphatic rings. The number of halogens is 1. The van der Waals surface area contributed by atoms with Crippen LogP contribution < -0.4 is 0 Å². The van der Waals surface area contributed by atoms with Gasteiger partial charge >= 0.3 is 11.9 Å². The number of esters is 2. The Labute approximate surface area is 132 Å². The largest absolute Gasteiger partial charge is 0.465 e. The number of benzene rings is 1. The van der Waals surface area contributed by atoms with E-state index in [9.17, 15) is 9.59 Å². The van der Waals surface area contributed by atoms with Crippen molar-refractivity contribution in [2.75, 3.05) is 13.7 Å². The number of carbonyl (C=O) groups is 2. The smallest absolute Gasteiger partial charge is 0.359 e. The Morgan fingerprint density at radius 2 is 1.86 bits per heavy atom. The van der Waals surface area contributed by atoms with Crippen LogP contribution in [0.1, 0.15) is 33.5 Å². The quantitative estimate of drug-likeness (QED) is 0.809. The van der Waals surface area contributed by atoms with Gasteiger partial charge in [-0.15, -0.1) is 0 Å². The van der Waals surface area contributed by atoms with Crippen molar-refractivity contribution in [1.29, 1.82) is 0 Å². The molecule has 0 radical (unpaired) electrons. The van der Waals surface area contributed by atoms with Crippen molar-refractivity contribution in [2.45, 2.75) is 13.8 Å². The molecule has 0 amide bonds. The van der Waals surface area contributed by atoms with Crippen molar-refractivity contribution in [1.82, 2.24) is 9.78 Å². The molecule has 22 heavy (non-hydrogen) atoms. The Balaban J connectivity index is 2.59. The summed E-state index contributed by atoms with van der Waals surface area (Å²) in [5.41, 5.74) is 1.18. The standard InChI is InChI=1S/C15H15ClN2O4/c1-4-22-15(20)13-12(14(19)21-3)9(2)18(17-13)11-7-5-10(16)6-8-11/h5-8H,4H2,1-3H3. The summed E-state index contributed by atoms with van der Waals surface area (Å²) >= 11 is 5.86. The maximum atomic E-state index is 12.0. The van der Waals surface area contributed by atoms with Gasteiger partial charge < -0.3 is 9.47 Å². The Morgan fingerprint density at radius 3 is 2.41 bits per heavy atom. The molecule has 0 fully saturated rings. The van der Waals surface area contributed by atoms with Gasteiger partial charge in [0, 0.05) is 5.02 Å². The summed E-state index contributed by atoms with van der Waals surface area (Å²) in [5, 5.41) is 4.77. The van der Waals surface area contributed by atoms with Gasteiger partial charge in [-0.05, 0) is 38.1 Å². The van der Waals surface area contributed by atoms with Crippen LogP contribution in [-0.4, -0.2) is 35.4 Å². The molecule has 0 atom stereocenters. The second-order valence-corrected chi connectivity index (χ2v) is 4.85.